The summed E-state index contributed by atoms with van der Waals surface area (Å²) in [5, 5.41) is 2.59. The minimum absolute atomic E-state index is 0.0945. The van der Waals surface area contributed by atoms with Gasteiger partial charge in [0.2, 0.25) is 0 Å². The average molecular weight is 359 g/mol. The predicted octanol–water partition coefficient (Wildman–Crippen LogP) is 4.10. The molecule has 4 nitrogen and oxygen atoms in total. The molecule has 124 valence electrons. The van der Waals surface area contributed by atoms with Crippen molar-refractivity contribution in [1.82, 2.24) is 4.98 Å². The van der Waals surface area contributed by atoms with E-state index < -0.39 is 9.84 Å². The molecule has 0 saturated carbocycles. The van der Waals surface area contributed by atoms with E-state index in [0.717, 1.165) is 21.9 Å². The van der Waals surface area contributed by atoms with Crippen molar-refractivity contribution in [3.8, 4) is 16.3 Å². The lowest BCUT2D eigenvalue weighted by Gasteiger charge is -2.03. The zero-order valence-corrected chi connectivity index (χ0v) is 15.0. The van der Waals surface area contributed by atoms with Crippen molar-refractivity contribution in [2.45, 2.75) is 17.6 Å². The molecular weight excluding hydrogens is 342 g/mol. The number of aryl methyl sites for hydroxylation is 1. The largest absolute Gasteiger partial charge is 0.497 e. The van der Waals surface area contributed by atoms with Gasteiger partial charge < -0.3 is 4.74 Å². The Kier molecular flexibility index (Phi) is 4.69. The fraction of sp³-hybridized carbons (Fsp3) is 0.167. The highest BCUT2D eigenvalue weighted by Gasteiger charge is 2.17. The van der Waals surface area contributed by atoms with E-state index in [1.54, 1.807) is 36.8 Å². The Bertz CT molecular complexity index is 927. The Morgan fingerprint density at radius 3 is 2.33 bits per heavy atom. The lowest BCUT2D eigenvalue weighted by atomic mass is 10.2. The highest BCUT2D eigenvalue weighted by molar-refractivity contribution is 7.90. The number of thiazole rings is 1. The van der Waals surface area contributed by atoms with E-state index in [2.05, 4.69) is 4.98 Å². The summed E-state index contributed by atoms with van der Waals surface area (Å²) in [5.74, 6) is 0.681. The molecule has 24 heavy (non-hydrogen) atoms. The van der Waals surface area contributed by atoms with E-state index in [9.17, 15) is 8.42 Å². The molecule has 6 heteroatoms. The molecule has 0 N–H and O–H groups in total. The molecule has 0 unspecified atom stereocenters. The van der Waals surface area contributed by atoms with Crippen LogP contribution in [0.3, 0.4) is 0 Å². The number of hydrogen-bond donors (Lipinski definition) is 0. The lowest BCUT2D eigenvalue weighted by molar-refractivity contribution is 0.415. The third-order valence-corrected chi connectivity index (χ3v) is 6.21. The van der Waals surface area contributed by atoms with Crippen molar-refractivity contribution >= 4 is 21.2 Å². The number of sulfone groups is 1. The van der Waals surface area contributed by atoms with Gasteiger partial charge in [-0.05, 0) is 43.3 Å². The summed E-state index contributed by atoms with van der Waals surface area (Å²) in [6.45, 7) is 1.93. The smallest absolute Gasteiger partial charge is 0.184 e. The Hall–Kier alpha value is -2.18. The molecule has 1 aromatic heterocycles. The van der Waals surface area contributed by atoms with Gasteiger partial charge in [-0.1, -0.05) is 17.7 Å². The van der Waals surface area contributed by atoms with Gasteiger partial charge in [-0.2, -0.15) is 0 Å². The molecule has 0 saturated heterocycles. The fourth-order valence-electron chi connectivity index (χ4n) is 2.26. The number of nitrogens with zero attached hydrogens (tertiary/aromatic N) is 1. The molecule has 1 heterocycles. The first-order valence-corrected chi connectivity index (χ1v) is 9.89. The lowest BCUT2D eigenvalue weighted by Crippen LogP contribution is -2.05. The van der Waals surface area contributed by atoms with Gasteiger partial charge >= 0.3 is 0 Å². The average Bonchev–Trinajstić information content (AvgIpc) is 3.03. The number of benzene rings is 2. The first kappa shape index (κ1) is 16.7. The van der Waals surface area contributed by atoms with Crippen molar-refractivity contribution in [3.05, 3.63) is 65.2 Å². The van der Waals surface area contributed by atoms with Gasteiger partial charge in [-0.25, -0.2) is 13.4 Å². The number of ether oxygens (including phenoxy) is 1. The molecule has 3 aromatic rings. The monoisotopic (exact) mass is 359 g/mol. The van der Waals surface area contributed by atoms with Crippen molar-refractivity contribution in [2.24, 2.45) is 0 Å². The van der Waals surface area contributed by atoms with Gasteiger partial charge in [0, 0.05) is 10.9 Å². The maximum atomic E-state index is 12.5. The summed E-state index contributed by atoms with van der Waals surface area (Å²) in [6.07, 6.45) is 0. The Morgan fingerprint density at radius 1 is 1.04 bits per heavy atom. The minimum atomic E-state index is -3.39. The minimum Gasteiger partial charge on any atom is -0.497 e. The molecule has 0 radical (unpaired) electrons. The molecule has 0 bridgehead atoms. The summed E-state index contributed by atoms with van der Waals surface area (Å²) in [6, 6.07) is 14.4. The van der Waals surface area contributed by atoms with Crippen LogP contribution in [0.5, 0.6) is 5.75 Å². The number of aromatic nitrogens is 1. The first-order chi connectivity index (χ1) is 11.5. The quantitative estimate of drug-likeness (QED) is 0.688. The Labute approximate surface area is 145 Å². The van der Waals surface area contributed by atoms with Crippen molar-refractivity contribution in [1.29, 1.82) is 0 Å². The maximum absolute atomic E-state index is 12.5. The van der Waals surface area contributed by atoms with Crippen LogP contribution < -0.4 is 4.74 Å². The van der Waals surface area contributed by atoms with E-state index in [0.29, 0.717) is 10.6 Å². The van der Waals surface area contributed by atoms with Crippen LogP contribution in [-0.4, -0.2) is 20.5 Å². The van der Waals surface area contributed by atoms with Gasteiger partial charge in [0.1, 0.15) is 10.8 Å². The van der Waals surface area contributed by atoms with Gasteiger partial charge in [-0.3, -0.25) is 0 Å². The van der Waals surface area contributed by atoms with Gasteiger partial charge in [0.25, 0.3) is 0 Å². The van der Waals surface area contributed by atoms with Crippen molar-refractivity contribution in [2.75, 3.05) is 7.11 Å². The van der Waals surface area contributed by atoms with Crippen LogP contribution >= 0.6 is 11.3 Å². The summed E-state index contributed by atoms with van der Waals surface area (Å²) in [4.78, 5) is 4.79. The molecule has 2 aromatic carbocycles. The highest BCUT2D eigenvalue weighted by atomic mass is 32.2. The van der Waals surface area contributed by atoms with Crippen LogP contribution in [0.25, 0.3) is 10.6 Å². The standard InChI is InChI=1S/C18H17NO3S2/c1-13-3-9-17(10-4-13)24(20,21)12-15-11-23-18(19-15)14-5-7-16(22-2)8-6-14/h3-11H,12H2,1-2H3. The van der Waals surface area contributed by atoms with Gasteiger partial charge in [0.05, 0.1) is 23.5 Å². The summed E-state index contributed by atoms with van der Waals surface area (Å²) in [5.41, 5.74) is 2.54. The van der Waals surface area contributed by atoms with E-state index in [-0.39, 0.29) is 5.75 Å². The SMILES string of the molecule is COc1ccc(-c2nc(CS(=O)(=O)c3ccc(C)cc3)cs2)cc1. The molecule has 0 aliphatic heterocycles. The second-order valence-corrected chi connectivity index (χ2v) is 8.29. The number of hydrogen-bond acceptors (Lipinski definition) is 5. The van der Waals surface area contributed by atoms with E-state index in [4.69, 9.17) is 4.74 Å². The van der Waals surface area contributed by atoms with Gasteiger partial charge in [0.15, 0.2) is 9.84 Å². The second kappa shape index (κ2) is 6.75. The summed E-state index contributed by atoms with van der Waals surface area (Å²) >= 11 is 1.44. The first-order valence-electron chi connectivity index (χ1n) is 7.36. The molecule has 0 spiro atoms. The third kappa shape index (κ3) is 3.66. The molecule has 3 rings (SSSR count). The Morgan fingerprint density at radius 2 is 1.71 bits per heavy atom. The topological polar surface area (TPSA) is 56.3 Å². The van der Waals surface area contributed by atoms with E-state index in [1.807, 2.05) is 31.2 Å². The molecular formula is C18H17NO3S2. The second-order valence-electron chi connectivity index (χ2n) is 5.44. The molecule has 0 atom stereocenters. The zero-order chi connectivity index (χ0) is 17.2. The normalized spacial score (nSPS) is 11.4. The highest BCUT2D eigenvalue weighted by Crippen LogP contribution is 2.27. The summed E-state index contributed by atoms with van der Waals surface area (Å²) in [7, 11) is -1.77. The third-order valence-electron chi connectivity index (χ3n) is 3.61. The van der Waals surface area contributed by atoms with Crippen LogP contribution in [-0.2, 0) is 15.6 Å². The number of methoxy groups -OCH3 is 1. The molecule has 0 aliphatic rings. The zero-order valence-electron chi connectivity index (χ0n) is 13.4. The Balaban J connectivity index is 1.81. The van der Waals surface area contributed by atoms with Crippen LogP contribution in [0.15, 0.2) is 58.8 Å². The fourth-order valence-corrected chi connectivity index (χ4v) is 4.45. The van der Waals surface area contributed by atoms with Crippen LogP contribution in [0, 0.1) is 6.92 Å². The van der Waals surface area contributed by atoms with E-state index in [1.165, 1.54) is 11.3 Å². The van der Waals surface area contributed by atoms with Crippen LogP contribution in [0.4, 0.5) is 0 Å². The predicted molar refractivity (Wildman–Crippen MR) is 96.2 cm³/mol. The van der Waals surface area contributed by atoms with Crippen molar-refractivity contribution in [3.63, 3.8) is 0 Å². The van der Waals surface area contributed by atoms with E-state index >= 15 is 0 Å². The maximum Gasteiger partial charge on any atom is 0.184 e. The summed E-state index contributed by atoms with van der Waals surface area (Å²) < 4.78 is 30.1. The molecule has 0 fully saturated rings. The number of rotatable bonds is 5. The van der Waals surface area contributed by atoms with Crippen molar-refractivity contribution < 1.29 is 13.2 Å². The molecule has 0 aliphatic carbocycles. The van der Waals surface area contributed by atoms with Gasteiger partial charge in [-0.15, -0.1) is 11.3 Å². The molecule has 0 amide bonds. The van der Waals surface area contributed by atoms with Crippen LogP contribution in [0.1, 0.15) is 11.3 Å². The van der Waals surface area contributed by atoms with Crippen LogP contribution in [0.2, 0.25) is 0 Å².